The van der Waals surface area contributed by atoms with Gasteiger partial charge in [0.15, 0.2) is 5.79 Å². The van der Waals surface area contributed by atoms with E-state index in [2.05, 4.69) is 0 Å². The summed E-state index contributed by atoms with van der Waals surface area (Å²) in [5.41, 5.74) is 6.42. The van der Waals surface area contributed by atoms with Crippen LogP contribution in [0.3, 0.4) is 0 Å². The molecule has 1 spiro atoms. The van der Waals surface area contributed by atoms with Gasteiger partial charge in [0.25, 0.3) is 0 Å². The van der Waals surface area contributed by atoms with Gasteiger partial charge in [-0.25, -0.2) is 8.42 Å². The zero-order valence-electron chi connectivity index (χ0n) is 11.1. The molecule has 2 saturated heterocycles. The average molecular weight is 298 g/mol. The van der Waals surface area contributed by atoms with E-state index in [9.17, 15) is 8.42 Å². The molecule has 20 heavy (non-hydrogen) atoms. The first-order valence-corrected chi connectivity index (χ1v) is 8.07. The second-order valence-electron chi connectivity index (χ2n) is 5.04. The molecule has 1 aromatic rings. The molecule has 0 amide bonds. The second kappa shape index (κ2) is 5.09. The maximum atomic E-state index is 12.6. The standard InChI is InChI=1S/C13H18N2O4S/c14-9-11-1-3-12(4-2-11)20(16,17)15-6-5-13(10-15)18-7-8-19-13/h1-4H,5-10,14H2. The van der Waals surface area contributed by atoms with Crippen molar-refractivity contribution in [1.82, 2.24) is 4.31 Å². The summed E-state index contributed by atoms with van der Waals surface area (Å²) in [7, 11) is -3.49. The lowest BCUT2D eigenvalue weighted by Gasteiger charge is -2.22. The van der Waals surface area contributed by atoms with Gasteiger partial charge in [0.05, 0.1) is 24.7 Å². The number of hydrogen-bond donors (Lipinski definition) is 1. The summed E-state index contributed by atoms with van der Waals surface area (Å²) in [6.45, 7) is 2.13. The SMILES string of the molecule is NCc1ccc(S(=O)(=O)N2CCC3(C2)OCCO3)cc1. The Morgan fingerprint density at radius 1 is 1.20 bits per heavy atom. The maximum absolute atomic E-state index is 12.6. The van der Waals surface area contributed by atoms with Gasteiger partial charge >= 0.3 is 0 Å². The predicted molar refractivity (Wildman–Crippen MR) is 72.3 cm³/mol. The Bertz CT molecular complexity index is 579. The lowest BCUT2D eigenvalue weighted by molar-refractivity contribution is -0.142. The Hall–Kier alpha value is -0.990. The third-order valence-corrected chi connectivity index (χ3v) is 5.63. The summed E-state index contributed by atoms with van der Waals surface area (Å²) in [5, 5.41) is 0. The van der Waals surface area contributed by atoms with Crippen molar-refractivity contribution in [1.29, 1.82) is 0 Å². The molecule has 0 unspecified atom stereocenters. The van der Waals surface area contributed by atoms with E-state index in [0.717, 1.165) is 5.56 Å². The topological polar surface area (TPSA) is 81.9 Å². The highest BCUT2D eigenvalue weighted by Crippen LogP contribution is 2.33. The van der Waals surface area contributed by atoms with E-state index in [0.29, 0.717) is 32.7 Å². The van der Waals surface area contributed by atoms with Gasteiger partial charge in [-0.2, -0.15) is 4.31 Å². The molecule has 1 aromatic carbocycles. The Morgan fingerprint density at radius 2 is 1.85 bits per heavy atom. The molecule has 3 rings (SSSR count). The smallest absolute Gasteiger partial charge is 0.243 e. The first-order chi connectivity index (χ1) is 9.56. The number of rotatable bonds is 3. The molecule has 0 atom stereocenters. The van der Waals surface area contributed by atoms with Crippen molar-refractivity contribution in [3.63, 3.8) is 0 Å². The molecule has 2 fully saturated rings. The van der Waals surface area contributed by atoms with E-state index in [1.54, 1.807) is 24.3 Å². The molecule has 2 aliphatic heterocycles. The first-order valence-electron chi connectivity index (χ1n) is 6.63. The van der Waals surface area contributed by atoms with E-state index in [1.165, 1.54) is 4.31 Å². The lowest BCUT2D eigenvalue weighted by atomic mass is 10.2. The van der Waals surface area contributed by atoms with E-state index in [-0.39, 0.29) is 11.4 Å². The number of benzene rings is 1. The monoisotopic (exact) mass is 298 g/mol. The zero-order valence-corrected chi connectivity index (χ0v) is 11.9. The molecule has 0 bridgehead atoms. The molecule has 0 aromatic heterocycles. The van der Waals surface area contributed by atoms with Crippen molar-refractivity contribution in [2.45, 2.75) is 23.6 Å². The Kier molecular flexibility index (Phi) is 3.55. The van der Waals surface area contributed by atoms with Crippen LogP contribution in [0.15, 0.2) is 29.2 Å². The number of hydrogen-bond acceptors (Lipinski definition) is 5. The summed E-state index contributed by atoms with van der Waals surface area (Å²) in [6.07, 6.45) is 0.577. The van der Waals surface area contributed by atoms with Gasteiger partial charge in [0.2, 0.25) is 10.0 Å². The van der Waals surface area contributed by atoms with Gasteiger partial charge in [0, 0.05) is 19.5 Å². The molecule has 110 valence electrons. The number of sulfonamides is 1. The largest absolute Gasteiger partial charge is 0.346 e. The van der Waals surface area contributed by atoms with E-state index in [1.807, 2.05) is 0 Å². The van der Waals surface area contributed by atoms with Gasteiger partial charge in [-0.1, -0.05) is 12.1 Å². The fraction of sp³-hybridized carbons (Fsp3) is 0.538. The van der Waals surface area contributed by atoms with Crippen LogP contribution in [-0.4, -0.2) is 44.8 Å². The Balaban J connectivity index is 1.81. The van der Waals surface area contributed by atoms with Crippen molar-refractivity contribution < 1.29 is 17.9 Å². The van der Waals surface area contributed by atoms with Crippen LogP contribution in [0.25, 0.3) is 0 Å². The summed E-state index contributed by atoms with van der Waals surface area (Å²) in [6, 6.07) is 6.67. The lowest BCUT2D eigenvalue weighted by Crippen LogP contribution is -2.36. The quantitative estimate of drug-likeness (QED) is 0.867. The van der Waals surface area contributed by atoms with Gasteiger partial charge in [-0.15, -0.1) is 0 Å². The van der Waals surface area contributed by atoms with Gasteiger partial charge in [-0.05, 0) is 17.7 Å². The average Bonchev–Trinajstić information content (AvgIpc) is 3.10. The van der Waals surface area contributed by atoms with Crippen LogP contribution in [0.2, 0.25) is 0 Å². The highest BCUT2D eigenvalue weighted by molar-refractivity contribution is 7.89. The van der Waals surface area contributed by atoms with Crippen LogP contribution in [0, 0.1) is 0 Å². The summed E-state index contributed by atoms with van der Waals surface area (Å²) < 4.78 is 37.7. The van der Waals surface area contributed by atoms with Crippen LogP contribution in [0.4, 0.5) is 0 Å². The van der Waals surface area contributed by atoms with Crippen molar-refractivity contribution in [3.8, 4) is 0 Å². The van der Waals surface area contributed by atoms with Crippen molar-refractivity contribution >= 4 is 10.0 Å². The van der Waals surface area contributed by atoms with Crippen molar-refractivity contribution in [2.75, 3.05) is 26.3 Å². The number of nitrogens with two attached hydrogens (primary N) is 1. The third kappa shape index (κ3) is 2.36. The molecule has 7 heteroatoms. The summed E-state index contributed by atoms with van der Waals surface area (Å²) >= 11 is 0. The van der Waals surface area contributed by atoms with Crippen LogP contribution in [0.1, 0.15) is 12.0 Å². The Labute approximate surface area is 118 Å². The van der Waals surface area contributed by atoms with Crippen molar-refractivity contribution in [2.24, 2.45) is 5.73 Å². The second-order valence-corrected chi connectivity index (χ2v) is 6.98. The van der Waals surface area contributed by atoms with Gasteiger partial charge < -0.3 is 15.2 Å². The molecule has 0 radical (unpaired) electrons. The molecule has 0 aliphatic carbocycles. The highest BCUT2D eigenvalue weighted by atomic mass is 32.2. The number of nitrogens with zero attached hydrogens (tertiary/aromatic N) is 1. The van der Waals surface area contributed by atoms with Crippen LogP contribution < -0.4 is 5.73 Å². The normalized spacial score (nSPS) is 22.6. The van der Waals surface area contributed by atoms with E-state index >= 15 is 0 Å². The van der Waals surface area contributed by atoms with E-state index in [4.69, 9.17) is 15.2 Å². The van der Waals surface area contributed by atoms with Crippen molar-refractivity contribution in [3.05, 3.63) is 29.8 Å². The van der Waals surface area contributed by atoms with E-state index < -0.39 is 15.8 Å². The molecule has 0 saturated carbocycles. The highest BCUT2D eigenvalue weighted by Gasteiger charge is 2.47. The fourth-order valence-electron chi connectivity index (χ4n) is 2.61. The van der Waals surface area contributed by atoms with Crippen LogP contribution >= 0.6 is 0 Å². The molecule has 2 aliphatic rings. The van der Waals surface area contributed by atoms with Crippen LogP contribution in [-0.2, 0) is 26.0 Å². The predicted octanol–water partition coefficient (Wildman–Crippen LogP) is 0.283. The first kappa shape index (κ1) is 14.0. The number of ether oxygens (including phenoxy) is 2. The van der Waals surface area contributed by atoms with Gasteiger partial charge in [0.1, 0.15) is 0 Å². The molecular formula is C13H18N2O4S. The fourth-order valence-corrected chi connectivity index (χ4v) is 4.08. The van der Waals surface area contributed by atoms with Crippen LogP contribution in [0.5, 0.6) is 0 Å². The summed E-state index contributed by atoms with van der Waals surface area (Å²) in [4.78, 5) is 0.282. The van der Waals surface area contributed by atoms with Gasteiger partial charge in [-0.3, -0.25) is 0 Å². The third-order valence-electron chi connectivity index (χ3n) is 3.77. The molecular weight excluding hydrogens is 280 g/mol. The maximum Gasteiger partial charge on any atom is 0.243 e. The molecule has 2 N–H and O–H groups in total. The molecule has 6 nitrogen and oxygen atoms in total. The zero-order chi connectivity index (χ0) is 14.2. The minimum Gasteiger partial charge on any atom is -0.346 e. The minimum atomic E-state index is -3.49. The summed E-state index contributed by atoms with van der Waals surface area (Å²) in [5.74, 6) is -0.732. The minimum absolute atomic E-state index is 0.258. The molecule has 2 heterocycles. The Morgan fingerprint density at radius 3 is 2.45 bits per heavy atom.